The lowest BCUT2D eigenvalue weighted by molar-refractivity contribution is 0.555. The summed E-state index contributed by atoms with van der Waals surface area (Å²) in [5.74, 6) is 2.18. The Morgan fingerprint density at radius 3 is 2.95 bits per heavy atom. The molecular formula is C13H15N5OS. The third-order valence-corrected chi connectivity index (χ3v) is 3.87. The first-order valence-corrected chi connectivity index (χ1v) is 7.33. The van der Waals surface area contributed by atoms with Crippen molar-refractivity contribution in [2.75, 3.05) is 6.54 Å². The van der Waals surface area contributed by atoms with Crippen LogP contribution in [0.25, 0.3) is 11.1 Å². The Bertz CT molecular complexity index is 687. The van der Waals surface area contributed by atoms with Crippen LogP contribution < -0.4 is 5.73 Å². The minimum atomic E-state index is 0.565. The Hall–Kier alpha value is -1.86. The molecule has 1 aromatic carbocycles. The fourth-order valence-electron chi connectivity index (χ4n) is 1.96. The van der Waals surface area contributed by atoms with Crippen LogP contribution in [0.2, 0.25) is 0 Å². The molecule has 6 nitrogen and oxygen atoms in total. The van der Waals surface area contributed by atoms with Crippen molar-refractivity contribution < 1.29 is 4.42 Å². The summed E-state index contributed by atoms with van der Waals surface area (Å²) in [6.45, 7) is 3.20. The van der Waals surface area contributed by atoms with E-state index in [0.29, 0.717) is 24.7 Å². The number of nitrogens with zero attached hydrogens (tertiary/aromatic N) is 4. The summed E-state index contributed by atoms with van der Waals surface area (Å²) in [7, 11) is 0. The van der Waals surface area contributed by atoms with Gasteiger partial charge in [-0.15, -0.1) is 10.2 Å². The van der Waals surface area contributed by atoms with Crippen molar-refractivity contribution in [1.82, 2.24) is 19.7 Å². The van der Waals surface area contributed by atoms with Crippen LogP contribution in [0.3, 0.4) is 0 Å². The molecule has 0 bridgehead atoms. The maximum absolute atomic E-state index is 5.68. The van der Waals surface area contributed by atoms with Crippen molar-refractivity contribution in [3.8, 4) is 0 Å². The van der Waals surface area contributed by atoms with Crippen LogP contribution in [-0.2, 0) is 12.3 Å². The summed E-state index contributed by atoms with van der Waals surface area (Å²) in [6, 6.07) is 7.74. The molecule has 0 radical (unpaired) electrons. The molecule has 0 aliphatic carbocycles. The van der Waals surface area contributed by atoms with E-state index in [-0.39, 0.29) is 0 Å². The lowest BCUT2D eigenvalue weighted by Gasteiger charge is -2.04. The molecular weight excluding hydrogens is 274 g/mol. The molecule has 2 heterocycles. The van der Waals surface area contributed by atoms with Gasteiger partial charge in [-0.2, -0.15) is 0 Å². The maximum atomic E-state index is 5.68. The Balaban J connectivity index is 1.76. The van der Waals surface area contributed by atoms with Crippen molar-refractivity contribution in [2.24, 2.45) is 5.73 Å². The summed E-state index contributed by atoms with van der Waals surface area (Å²) in [6.07, 6.45) is 0. The van der Waals surface area contributed by atoms with Gasteiger partial charge >= 0.3 is 0 Å². The molecule has 0 amide bonds. The molecule has 0 saturated heterocycles. The van der Waals surface area contributed by atoms with E-state index in [1.165, 1.54) is 0 Å². The van der Waals surface area contributed by atoms with Gasteiger partial charge < -0.3 is 14.7 Å². The number of hydrogen-bond donors (Lipinski definition) is 1. The summed E-state index contributed by atoms with van der Waals surface area (Å²) in [5.41, 5.74) is 7.28. The summed E-state index contributed by atoms with van der Waals surface area (Å²) < 4.78 is 7.69. The minimum Gasteiger partial charge on any atom is -0.440 e. The number of hydrogen-bond acceptors (Lipinski definition) is 6. The molecule has 0 fully saturated rings. The zero-order valence-corrected chi connectivity index (χ0v) is 11.9. The molecule has 0 spiro atoms. The van der Waals surface area contributed by atoms with Crippen LogP contribution in [0.5, 0.6) is 0 Å². The summed E-state index contributed by atoms with van der Waals surface area (Å²) in [4.78, 5) is 4.44. The molecule has 0 atom stereocenters. The van der Waals surface area contributed by atoms with Gasteiger partial charge in [-0.1, -0.05) is 23.9 Å². The highest BCUT2D eigenvalue weighted by atomic mass is 32.2. The average Bonchev–Trinajstić information content (AvgIpc) is 3.02. The van der Waals surface area contributed by atoms with Crippen molar-refractivity contribution >= 4 is 22.9 Å². The van der Waals surface area contributed by atoms with Crippen LogP contribution in [0, 0.1) is 6.92 Å². The average molecular weight is 289 g/mol. The highest BCUT2D eigenvalue weighted by Crippen LogP contribution is 2.23. The highest BCUT2D eigenvalue weighted by Gasteiger charge is 2.11. The predicted octanol–water partition coefficient (Wildman–Crippen LogP) is 1.98. The monoisotopic (exact) mass is 289 g/mol. The first-order valence-electron chi connectivity index (χ1n) is 6.35. The second kappa shape index (κ2) is 5.64. The fourth-order valence-corrected chi connectivity index (χ4v) is 2.82. The zero-order chi connectivity index (χ0) is 13.9. The van der Waals surface area contributed by atoms with E-state index in [9.17, 15) is 0 Å². The number of benzene rings is 1. The van der Waals surface area contributed by atoms with Crippen LogP contribution in [-0.4, -0.2) is 26.3 Å². The van der Waals surface area contributed by atoms with Crippen molar-refractivity contribution in [2.45, 2.75) is 24.4 Å². The molecule has 2 aromatic heterocycles. The number of oxazole rings is 1. The number of para-hydroxylation sites is 2. The highest BCUT2D eigenvalue weighted by molar-refractivity contribution is 7.98. The molecule has 0 aliphatic heterocycles. The van der Waals surface area contributed by atoms with Gasteiger partial charge in [-0.05, 0) is 19.1 Å². The number of aromatic nitrogens is 4. The smallest absolute Gasteiger partial charge is 0.205 e. The summed E-state index contributed by atoms with van der Waals surface area (Å²) in [5, 5.41) is 9.07. The largest absolute Gasteiger partial charge is 0.440 e. The SMILES string of the molecule is Cc1nnc(SCc2nc3ccccc3o2)n1CCN. The Morgan fingerprint density at radius 1 is 1.30 bits per heavy atom. The van der Waals surface area contributed by atoms with E-state index in [2.05, 4.69) is 15.2 Å². The first kappa shape index (κ1) is 13.1. The van der Waals surface area contributed by atoms with Gasteiger partial charge in [-0.25, -0.2) is 4.98 Å². The van der Waals surface area contributed by atoms with Crippen molar-refractivity contribution in [3.05, 3.63) is 36.0 Å². The van der Waals surface area contributed by atoms with E-state index < -0.39 is 0 Å². The minimum absolute atomic E-state index is 0.565. The van der Waals surface area contributed by atoms with Crippen LogP contribution in [0.4, 0.5) is 0 Å². The second-order valence-electron chi connectivity index (χ2n) is 4.33. The fraction of sp³-hybridized carbons (Fsp3) is 0.308. The predicted molar refractivity (Wildman–Crippen MR) is 77.4 cm³/mol. The van der Waals surface area contributed by atoms with Gasteiger partial charge in [0, 0.05) is 13.1 Å². The molecule has 0 saturated carbocycles. The maximum Gasteiger partial charge on any atom is 0.205 e. The van der Waals surface area contributed by atoms with E-state index in [0.717, 1.165) is 22.1 Å². The van der Waals surface area contributed by atoms with Crippen molar-refractivity contribution in [3.63, 3.8) is 0 Å². The molecule has 3 rings (SSSR count). The van der Waals surface area contributed by atoms with Gasteiger partial charge in [0.25, 0.3) is 0 Å². The molecule has 20 heavy (non-hydrogen) atoms. The van der Waals surface area contributed by atoms with Gasteiger partial charge in [0.1, 0.15) is 11.3 Å². The molecule has 0 unspecified atom stereocenters. The van der Waals surface area contributed by atoms with Gasteiger partial charge in [0.05, 0.1) is 5.75 Å². The van der Waals surface area contributed by atoms with Crippen LogP contribution in [0.15, 0.2) is 33.8 Å². The molecule has 104 valence electrons. The number of rotatable bonds is 5. The molecule has 7 heteroatoms. The standard InChI is InChI=1S/C13H15N5OS/c1-9-16-17-13(18(9)7-6-14)20-8-12-15-10-4-2-3-5-11(10)19-12/h2-5H,6-8,14H2,1H3. The van der Waals surface area contributed by atoms with Gasteiger partial charge in [0.2, 0.25) is 5.89 Å². The van der Waals surface area contributed by atoms with Gasteiger partial charge in [-0.3, -0.25) is 0 Å². The molecule has 2 N–H and O–H groups in total. The normalized spacial score (nSPS) is 11.3. The number of nitrogens with two attached hydrogens (primary N) is 1. The third-order valence-electron chi connectivity index (χ3n) is 2.92. The Labute approximate surface area is 120 Å². The van der Waals surface area contributed by atoms with E-state index in [1.54, 1.807) is 11.8 Å². The molecule has 3 aromatic rings. The Kier molecular flexibility index (Phi) is 3.70. The van der Waals surface area contributed by atoms with E-state index in [4.69, 9.17) is 10.2 Å². The first-order chi connectivity index (χ1) is 9.78. The zero-order valence-electron chi connectivity index (χ0n) is 11.1. The van der Waals surface area contributed by atoms with Crippen LogP contribution in [0.1, 0.15) is 11.7 Å². The second-order valence-corrected chi connectivity index (χ2v) is 5.28. The number of thioether (sulfide) groups is 1. The van der Waals surface area contributed by atoms with E-state index in [1.807, 2.05) is 35.8 Å². The topological polar surface area (TPSA) is 82.8 Å². The quantitative estimate of drug-likeness (QED) is 0.723. The molecule has 0 aliphatic rings. The summed E-state index contributed by atoms with van der Waals surface area (Å²) >= 11 is 1.55. The number of aryl methyl sites for hydroxylation is 1. The van der Waals surface area contributed by atoms with Gasteiger partial charge in [0.15, 0.2) is 10.7 Å². The lowest BCUT2D eigenvalue weighted by Crippen LogP contribution is -2.12. The number of fused-ring (bicyclic) bond motifs is 1. The van der Waals surface area contributed by atoms with E-state index >= 15 is 0 Å². The Morgan fingerprint density at radius 2 is 2.15 bits per heavy atom. The lowest BCUT2D eigenvalue weighted by atomic mass is 10.3. The van der Waals surface area contributed by atoms with Crippen molar-refractivity contribution in [1.29, 1.82) is 0 Å². The van der Waals surface area contributed by atoms with Crippen LogP contribution >= 0.6 is 11.8 Å². The third kappa shape index (κ3) is 2.54.